The monoisotopic (exact) mass is 228 g/mol. The number of methoxy groups -OCH3 is 1. The van der Waals surface area contributed by atoms with Gasteiger partial charge in [-0.15, -0.1) is 0 Å². The largest absolute Gasteiger partial charge is 0.469 e. The molecule has 0 saturated carbocycles. The van der Waals surface area contributed by atoms with Gasteiger partial charge in [-0.1, -0.05) is 36.4 Å². The Labute approximate surface area is 99.0 Å². The average Bonchev–Trinajstić information content (AvgIpc) is 2.39. The summed E-state index contributed by atoms with van der Waals surface area (Å²) in [5.41, 5.74) is 1.51. The van der Waals surface area contributed by atoms with E-state index in [2.05, 4.69) is 4.74 Å². The molecule has 2 rings (SSSR count). The van der Waals surface area contributed by atoms with Crippen LogP contribution in [0, 0.1) is 0 Å². The van der Waals surface area contributed by atoms with Gasteiger partial charge in [0.15, 0.2) is 6.29 Å². The van der Waals surface area contributed by atoms with Crippen LogP contribution in [0.15, 0.2) is 36.4 Å². The van der Waals surface area contributed by atoms with Gasteiger partial charge in [0.2, 0.25) is 0 Å². The van der Waals surface area contributed by atoms with Crippen LogP contribution in [0.1, 0.15) is 15.9 Å². The molecule has 0 saturated heterocycles. The van der Waals surface area contributed by atoms with Crippen molar-refractivity contribution in [3.8, 4) is 0 Å². The third kappa shape index (κ3) is 2.18. The quantitative estimate of drug-likeness (QED) is 0.598. The molecule has 17 heavy (non-hydrogen) atoms. The van der Waals surface area contributed by atoms with Gasteiger partial charge in [0, 0.05) is 5.56 Å². The van der Waals surface area contributed by atoms with Crippen molar-refractivity contribution in [2.24, 2.45) is 0 Å². The summed E-state index contributed by atoms with van der Waals surface area (Å²) in [6, 6.07) is 11.1. The lowest BCUT2D eigenvalue weighted by molar-refractivity contribution is -0.139. The number of carbonyl (C=O) groups is 2. The highest BCUT2D eigenvalue weighted by Gasteiger charge is 2.08. The van der Waals surface area contributed by atoms with Crippen LogP contribution in [-0.2, 0) is 16.0 Å². The fourth-order valence-corrected chi connectivity index (χ4v) is 1.87. The molecule has 0 N–H and O–H groups in total. The van der Waals surface area contributed by atoms with Gasteiger partial charge < -0.3 is 4.74 Å². The summed E-state index contributed by atoms with van der Waals surface area (Å²) in [5.74, 6) is -0.283. The van der Waals surface area contributed by atoms with Crippen LogP contribution in [0.5, 0.6) is 0 Å². The first-order valence-corrected chi connectivity index (χ1v) is 5.29. The number of hydrogen-bond acceptors (Lipinski definition) is 3. The van der Waals surface area contributed by atoms with Crippen LogP contribution in [0.2, 0.25) is 0 Å². The normalized spacial score (nSPS) is 10.2. The summed E-state index contributed by atoms with van der Waals surface area (Å²) in [6.45, 7) is 0. The summed E-state index contributed by atoms with van der Waals surface area (Å²) in [6.07, 6.45) is 1.04. The van der Waals surface area contributed by atoms with Gasteiger partial charge >= 0.3 is 5.97 Å². The Bertz CT molecular complexity index is 573. The van der Waals surface area contributed by atoms with Gasteiger partial charge in [0.05, 0.1) is 13.5 Å². The maximum absolute atomic E-state index is 11.3. The van der Waals surface area contributed by atoms with E-state index in [0.717, 1.165) is 22.6 Å². The number of ether oxygens (including phenoxy) is 1. The Balaban J connectivity index is 2.58. The Morgan fingerprint density at radius 2 is 1.88 bits per heavy atom. The van der Waals surface area contributed by atoms with E-state index in [1.54, 1.807) is 12.1 Å². The number of benzene rings is 2. The molecule has 0 aliphatic rings. The minimum atomic E-state index is -0.283. The first-order valence-electron chi connectivity index (χ1n) is 5.29. The molecule has 0 spiro atoms. The van der Waals surface area contributed by atoms with E-state index in [9.17, 15) is 9.59 Å². The molecule has 2 aromatic carbocycles. The lowest BCUT2D eigenvalue weighted by Crippen LogP contribution is -2.05. The predicted octanol–water partition coefficient (Wildman–Crippen LogP) is 2.37. The van der Waals surface area contributed by atoms with E-state index >= 15 is 0 Å². The summed E-state index contributed by atoms with van der Waals surface area (Å²) in [7, 11) is 1.37. The topological polar surface area (TPSA) is 43.4 Å². The van der Waals surface area contributed by atoms with Crippen molar-refractivity contribution in [1.82, 2.24) is 0 Å². The second-order valence-corrected chi connectivity index (χ2v) is 3.73. The first kappa shape index (κ1) is 11.3. The molecule has 0 aromatic heterocycles. The van der Waals surface area contributed by atoms with Gasteiger partial charge in [-0.25, -0.2) is 0 Å². The van der Waals surface area contributed by atoms with Crippen molar-refractivity contribution in [2.45, 2.75) is 6.42 Å². The maximum Gasteiger partial charge on any atom is 0.309 e. The zero-order valence-corrected chi connectivity index (χ0v) is 9.47. The molecule has 0 aliphatic carbocycles. The van der Waals surface area contributed by atoms with Crippen LogP contribution >= 0.6 is 0 Å². The minimum absolute atomic E-state index is 0.218. The minimum Gasteiger partial charge on any atom is -0.469 e. The summed E-state index contributed by atoms with van der Waals surface area (Å²) >= 11 is 0. The number of hydrogen-bond donors (Lipinski definition) is 0. The second kappa shape index (κ2) is 4.78. The highest BCUT2D eigenvalue weighted by molar-refractivity contribution is 6.00. The molecular formula is C14H12O3. The molecule has 3 heteroatoms. The fourth-order valence-electron chi connectivity index (χ4n) is 1.87. The third-order valence-corrected chi connectivity index (χ3v) is 2.74. The van der Waals surface area contributed by atoms with E-state index in [4.69, 9.17) is 0 Å². The second-order valence-electron chi connectivity index (χ2n) is 3.73. The van der Waals surface area contributed by atoms with E-state index in [0.29, 0.717) is 5.56 Å². The molecule has 0 aliphatic heterocycles. The zero-order chi connectivity index (χ0) is 12.3. The molecule has 0 heterocycles. The lowest BCUT2D eigenvalue weighted by atomic mass is 9.98. The number of rotatable bonds is 3. The standard InChI is InChI=1S/C14H12O3/c1-17-14(16)8-10-6-7-11(9-15)13-5-3-2-4-12(10)13/h2-7,9H,8H2,1H3. The Morgan fingerprint density at radius 1 is 1.18 bits per heavy atom. The van der Waals surface area contributed by atoms with Crippen molar-refractivity contribution in [3.05, 3.63) is 47.5 Å². The fraction of sp³-hybridized carbons (Fsp3) is 0.143. The Morgan fingerprint density at radius 3 is 2.53 bits per heavy atom. The highest BCUT2D eigenvalue weighted by Crippen LogP contribution is 2.22. The van der Waals surface area contributed by atoms with Crippen molar-refractivity contribution in [1.29, 1.82) is 0 Å². The van der Waals surface area contributed by atoms with Gasteiger partial charge in [0.1, 0.15) is 0 Å². The molecule has 0 fully saturated rings. The number of esters is 1. The number of fused-ring (bicyclic) bond motifs is 1. The molecule has 2 aromatic rings. The molecule has 3 nitrogen and oxygen atoms in total. The number of carbonyl (C=O) groups excluding carboxylic acids is 2. The van der Waals surface area contributed by atoms with Crippen molar-refractivity contribution in [3.63, 3.8) is 0 Å². The molecular weight excluding hydrogens is 216 g/mol. The SMILES string of the molecule is COC(=O)Cc1ccc(C=O)c2ccccc12. The van der Waals surface area contributed by atoms with E-state index in [1.807, 2.05) is 24.3 Å². The first-order chi connectivity index (χ1) is 8.26. The van der Waals surface area contributed by atoms with Crippen LogP contribution in [0.3, 0.4) is 0 Å². The van der Waals surface area contributed by atoms with Gasteiger partial charge in [-0.2, -0.15) is 0 Å². The van der Waals surface area contributed by atoms with Gasteiger partial charge in [-0.05, 0) is 16.3 Å². The van der Waals surface area contributed by atoms with E-state index in [-0.39, 0.29) is 12.4 Å². The summed E-state index contributed by atoms with van der Waals surface area (Å²) in [4.78, 5) is 22.2. The zero-order valence-electron chi connectivity index (χ0n) is 9.47. The molecule has 0 radical (unpaired) electrons. The molecule has 0 amide bonds. The predicted molar refractivity (Wildman–Crippen MR) is 65.1 cm³/mol. The average molecular weight is 228 g/mol. The molecule has 86 valence electrons. The van der Waals surface area contributed by atoms with Crippen molar-refractivity contribution >= 4 is 23.0 Å². The van der Waals surface area contributed by atoms with Crippen LogP contribution in [0.25, 0.3) is 10.8 Å². The van der Waals surface area contributed by atoms with Gasteiger partial charge in [-0.3, -0.25) is 9.59 Å². The van der Waals surface area contributed by atoms with Gasteiger partial charge in [0.25, 0.3) is 0 Å². The molecule has 0 unspecified atom stereocenters. The van der Waals surface area contributed by atoms with Crippen molar-refractivity contribution in [2.75, 3.05) is 7.11 Å². The highest BCUT2D eigenvalue weighted by atomic mass is 16.5. The lowest BCUT2D eigenvalue weighted by Gasteiger charge is -2.07. The number of aldehydes is 1. The van der Waals surface area contributed by atoms with E-state index < -0.39 is 0 Å². The summed E-state index contributed by atoms with van der Waals surface area (Å²) < 4.78 is 4.65. The Kier molecular flexibility index (Phi) is 3.19. The van der Waals surface area contributed by atoms with Crippen LogP contribution < -0.4 is 0 Å². The Hall–Kier alpha value is -2.16. The molecule has 0 bridgehead atoms. The van der Waals surface area contributed by atoms with Crippen LogP contribution in [-0.4, -0.2) is 19.4 Å². The van der Waals surface area contributed by atoms with E-state index in [1.165, 1.54) is 7.11 Å². The summed E-state index contributed by atoms with van der Waals surface area (Å²) in [5, 5.41) is 1.78. The van der Waals surface area contributed by atoms with Crippen LogP contribution in [0.4, 0.5) is 0 Å². The third-order valence-electron chi connectivity index (χ3n) is 2.74. The smallest absolute Gasteiger partial charge is 0.309 e. The maximum atomic E-state index is 11.3. The van der Waals surface area contributed by atoms with Crippen molar-refractivity contribution < 1.29 is 14.3 Å². The molecule has 0 atom stereocenters.